The van der Waals surface area contributed by atoms with Crippen LogP contribution in [0.5, 0.6) is 0 Å². The summed E-state index contributed by atoms with van der Waals surface area (Å²) in [5, 5.41) is 0.642. The van der Waals surface area contributed by atoms with E-state index < -0.39 is 0 Å². The van der Waals surface area contributed by atoms with Crippen LogP contribution in [0.2, 0.25) is 0 Å². The number of carbonyl (C=O) groups is 1. The van der Waals surface area contributed by atoms with E-state index >= 15 is 0 Å². The summed E-state index contributed by atoms with van der Waals surface area (Å²) in [5.74, 6) is 0.126. The fourth-order valence-electron chi connectivity index (χ4n) is 1.44. The van der Waals surface area contributed by atoms with Crippen molar-refractivity contribution >= 4 is 23.0 Å². The van der Waals surface area contributed by atoms with Crippen molar-refractivity contribution in [2.24, 2.45) is 0 Å². The van der Waals surface area contributed by atoms with Gasteiger partial charge >= 0.3 is 0 Å². The number of Topliss-reactive ketones (excluding diaryl/α,β-unsaturated/α-hetero) is 1. The van der Waals surface area contributed by atoms with Crippen LogP contribution in [0.15, 0.2) is 47.5 Å². The molecule has 0 unspecified atom stereocenters. The number of hydrogen-bond donors (Lipinski definition) is 0. The molecule has 2 rings (SSSR count). The first-order valence-corrected chi connectivity index (χ1v) is 4.81. The van der Waals surface area contributed by atoms with Crippen LogP contribution in [0.4, 0.5) is 0 Å². The van der Waals surface area contributed by atoms with E-state index in [2.05, 4.69) is 0 Å². The summed E-state index contributed by atoms with van der Waals surface area (Å²) in [4.78, 5) is 11.6. The van der Waals surface area contributed by atoms with Crippen LogP contribution in [0.1, 0.15) is 12.0 Å². The van der Waals surface area contributed by atoms with Crippen molar-refractivity contribution in [1.29, 1.82) is 0 Å². The summed E-state index contributed by atoms with van der Waals surface area (Å²) < 4.78 is 0. The van der Waals surface area contributed by atoms with Crippen molar-refractivity contribution in [3.63, 3.8) is 0 Å². The van der Waals surface area contributed by atoms with Crippen LogP contribution in [0.25, 0.3) is 5.57 Å². The molecule has 0 heterocycles. The van der Waals surface area contributed by atoms with Gasteiger partial charge in [0.05, 0.1) is 0 Å². The fraction of sp³-hybridized carbons (Fsp3) is 0.0833. The smallest absolute Gasteiger partial charge is 0.167 e. The number of benzene rings is 1. The topological polar surface area (TPSA) is 17.1 Å². The highest BCUT2D eigenvalue weighted by atomic mass is 35.5. The quantitative estimate of drug-likeness (QED) is 0.687. The molecule has 1 aliphatic carbocycles. The molecule has 1 aromatic carbocycles. The molecule has 0 atom stereocenters. The van der Waals surface area contributed by atoms with Crippen LogP contribution < -0.4 is 0 Å². The van der Waals surface area contributed by atoms with Crippen molar-refractivity contribution in [1.82, 2.24) is 0 Å². The summed E-state index contributed by atoms with van der Waals surface area (Å²) in [6.07, 6.45) is 3.86. The minimum atomic E-state index is 0.126. The van der Waals surface area contributed by atoms with Crippen molar-refractivity contribution in [3.8, 4) is 0 Å². The van der Waals surface area contributed by atoms with Gasteiger partial charge in [0, 0.05) is 17.0 Å². The van der Waals surface area contributed by atoms with E-state index in [0.29, 0.717) is 17.0 Å². The standard InChI is InChI=1S/C12H9ClO/c13-10-6-7-12(14)11(8-10)9-4-2-1-3-5-9/h1-6,8H,7H2. The van der Waals surface area contributed by atoms with Gasteiger partial charge < -0.3 is 0 Å². The zero-order valence-corrected chi connectivity index (χ0v) is 8.29. The third-order valence-electron chi connectivity index (χ3n) is 2.15. The second-order valence-corrected chi connectivity index (χ2v) is 3.58. The van der Waals surface area contributed by atoms with E-state index in [1.807, 2.05) is 30.3 Å². The van der Waals surface area contributed by atoms with Gasteiger partial charge in [0.15, 0.2) is 5.78 Å². The molecule has 0 amide bonds. The molecular formula is C12H9ClO. The summed E-state index contributed by atoms with van der Waals surface area (Å²) in [5.41, 5.74) is 1.64. The molecule has 0 aliphatic heterocycles. The van der Waals surface area contributed by atoms with E-state index in [9.17, 15) is 4.79 Å². The molecule has 0 fully saturated rings. The van der Waals surface area contributed by atoms with E-state index in [0.717, 1.165) is 5.56 Å². The molecule has 0 aromatic heterocycles. The van der Waals surface area contributed by atoms with Gasteiger partial charge in [0.2, 0.25) is 0 Å². The van der Waals surface area contributed by atoms with E-state index in [4.69, 9.17) is 11.6 Å². The summed E-state index contributed by atoms with van der Waals surface area (Å²) in [7, 11) is 0. The average Bonchev–Trinajstić information content (AvgIpc) is 2.23. The Morgan fingerprint density at radius 1 is 1.14 bits per heavy atom. The van der Waals surface area contributed by atoms with Crippen LogP contribution in [0, 0.1) is 0 Å². The molecule has 0 bridgehead atoms. The van der Waals surface area contributed by atoms with Crippen molar-refractivity contribution in [3.05, 3.63) is 53.1 Å². The predicted molar refractivity (Wildman–Crippen MR) is 58.0 cm³/mol. The predicted octanol–water partition coefficient (Wildman–Crippen LogP) is 3.17. The Kier molecular flexibility index (Phi) is 2.51. The van der Waals surface area contributed by atoms with Crippen molar-refractivity contribution in [2.45, 2.75) is 6.42 Å². The molecule has 2 heteroatoms. The number of allylic oxidation sites excluding steroid dienone is 4. The van der Waals surface area contributed by atoms with E-state index in [1.54, 1.807) is 12.2 Å². The Morgan fingerprint density at radius 3 is 2.57 bits per heavy atom. The number of rotatable bonds is 1. The maximum Gasteiger partial charge on any atom is 0.167 e. The zero-order chi connectivity index (χ0) is 9.97. The Labute approximate surface area is 87.7 Å². The first-order chi connectivity index (χ1) is 6.77. The molecule has 1 aromatic rings. The average molecular weight is 205 g/mol. The molecule has 0 saturated carbocycles. The fourth-order valence-corrected chi connectivity index (χ4v) is 1.63. The zero-order valence-electron chi connectivity index (χ0n) is 7.53. The number of hydrogen-bond acceptors (Lipinski definition) is 1. The number of halogens is 1. The second kappa shape index (κ2) is 3.81. The van der Waals surface area contributed by atoms with Gasteiger partial charge in [0.25, 0.3) is 0 Å². The maximum absolute atomic E-state index is 11.6. The van der Waals surface area contributed by atoms with Gasteiger partial charge in [-0.05, 0) is 11.6 Å². The van der Waals surface area contributed by atoms with Crippen LogP contribution in [-0.2, 0) is 4.79 Å². The van der Waals surface area contributed by atoms with Gasteiger partial charge in [-0.25, -0.2) is 0 Å². The lowest BCUT2D eigenvalue weighted by atomic mass is 9.96. The number of ketones is 1. The minimum absolute atomic E-state index is 0.126. The van der Waals surface area contributed by atoms with Gasteiger partial charge in [-0.1, -0.05) is 48.0 Å². The van der Waals surface area contributed by atoms with Crippen molar-refractivity contribution < 1.29 is 4.79 Å². The first-order valence-electron chi connectivity index (χ1n) is 4.43. The minimum Gasteiger partial charge on any atom is -0.294 e. The molecular weight excluding hydrogens is 196 g/mol. The molecule has 1 nitrogen and oxygen atoms in total. The summed E-state index contributed by atoms with van der Waals surface area (Å²) in [6, 6.07) is 9.58. The summed E-state index contributed by atoms with van der Waals surface area (Å²) in [6.45, 7) is 0. The lowest BCUT2D eigenvalue weighted by Crippen LogP contribution is -2.03. The SMILES string of the molecule is O=C1CC=C(Cl)C=C1c1ccccc1. The van der Waals surface area contributed by atoms with E-state index in [1.165, 1.54) is 0 Å². The highest BCUT2D eigenvalue weighted by Gasteiger charge is 2.14. The Bertz CT molecular complexity index is 415. The third-order valence-corrected chi connectivity index (χ3v) is 2.41. The first kappa shape index (κ1) is 9.22. The normalized spacial score (nSPS) is 16.2. The number of carbonyl (C=O) groups excluding carboxylic acids is 1. The molecule has 14 heavy (non-hydrogen) atoms. The molecule has 0 N–H and O–H groups in total. The van der Waals surface area contributed by atoms with Gasteiger partial charge in [-0.2, -0.15) is 0 Å². The van der Waals surface area contributed by atoms with E-state index in [-0.39, 0.29) is 5.78 Å². The maximum atomic E-state index is 11.6. The monoisotopic (exact) mass is 204 g/mol. The second-order valence-electron chi connectivity index (χ2n) is 3.14. The third kappa shape index (κ3) is 1.78. The van der Waals surface area contributed by atoms with Crippen molar-refractivity contribution in [2.75, 3.05) is 0 Å². The lowest BCUT2D eigenvalue weighted by molar-refractivity contribution is -0.113. The molecule has 1 aliphatic rings. The molecule has 0 saturated heterocycles. The van der Waals surface area contributed by atoms with Gasteiger partial charge in [-0.15, -0.1) is 0 Å². The Balaban J connectivity index is 2.43. The van der Waals surface area contributed by atoms with Crippen LogP contribution in [-0.4, -0.2) is 5.78 Å². The highest BCUT2D eigenvalue weighted by molar-refractivity contribution is 6.35. The van der Waals surface area contributed by atoms with Gasteiger partial charge in [0.1, 0.15) is 0 Å². The Morgan fingerprint density at radius 2 is 1.86 bits per heavy atom. The lowest BCUT2D eigenvalue weighted by Gasteiger charge is -2.09. The molecule has 0 radical (unpaired) electrons. The molecule has 0 spiro atoms. The Hall–Kier alpha value is -1.34. The van der Waals surface area contributed by atoms with Crippen LogP contribution in [0.3, 0.4) is 0 Å². The van der Waals surface area contributed by atoms with Crippen LogP contribution >= 0.6 is 11.6 Å². The summed E-state index contributed by atoms with van der Waals surface area (Å²) >= 11 is 5.86. The molecule has 70 valence electrons. The largest absolute Gasteiger partial charge is 0.294 e. The highest BCUT2D eigenvalue weighted by Crippen LogP contribution is 2.24. The van der Waals surface area contributed by atoms with Gasteiger partial charge in [-0.3, -0.25) is 4.79 Å².